The minimum Gasteiger partial charge on any atom is -0.480 e. The lowest BCUT2D eigenvalue weighted by Gasteiger charge is -2.35. The van der Waals surface area contributed by atoms with Crippen molar-refractivity contribution in [3.8, 4) is 0 Å². The van der Waals surface area contributed by atoms with Gasteiger partial charge in [-0.05, 0) is 27.7 Å². The molecule has 1 atom stereocenters. The second-order valence-corrected chi connectivity index (χ2v) is 4.94. The monoisotopic (exact) mass is 259 g/mol. The lowest BCUT2D eigenvalue weighted by Crippen LogP contribution is -2.56. The summed E-state index contributed by atoms with van der Waals surface area (Å²) in [7, 11) is 1.46. The lowest BCUT2D eigenvalue weighted by molar-refractivity contribution is -0.138. The van der Waals surface area contributed by atoms with E-state index in [0.29, 0.717) is 0 Å². The highest BCUT2D eigenvalue weighted by molar-refractivity contribution is 5.87. The second kappa shape index (κ2) is 6.23. The molecular formula is C11H21N3O4. The first kappa shape index (κ1) is 16.2. The third kappa shape index (κ3) is 5.03. The van der Waals surface area contributed by atoms with Crippen molar-refractivity contribution in [1.82, 2.24) is 15.5 Å². The predicted octanol–water partition coefficient (Wildman–Crippen LogP) is 0.0156. The number of aliphatic carboxylic acids is 1. The highest BCUT2D eigenvalue weighted by Gasteiger charge is 2.29. The molecule has 0 aliphatic heterocycles. The Labute approximate surface area is 107 Å². The van der Waals surface area contributed by atoms with E-state index in [1.165, 1.54) is 14.0 Å². The van der Waals surface area contributed by atoms with E-state index in [1.807, 2.05) is 0 Å². The van der Waals surface area contributed by atoms with Crippen LogP contribution in [0.4, 0.5) is 4.79 Å². The maximum absolute atomic E-state index is 11.9. The van der Waals surface area contributed by atoms with Crippen molar-refractivity contribution in [3.63, 3.8) is 0 Å². The third-order valence-corrected chi connectivity index (χ3v) is 2.33. The molecule has 0 heterocycles. The van der Waals surface area contributed by atoms with Crippen LogP contribution in [0.25, 0.3) is 0 Å². The molecule has 7 heteroatoms. The number of nitrogens with one attached hydrogen (secondary N) is 2. The van der Waals surface area contributed by atoms with Crippen molar-refractivity contribution in [2.75, 3.05) is 13.6 Å². The van der Waals surface area contributed by atoms with Crippen molar-refractivity contribution in [3.05, 3.63) is 0 Å². The molecule has 0 aromatic rings. The molecule has 7 nitrogen and oxygen atoms in total. The number of amides is 3. The molecule has 0 saturated carbocycles. The van der Waals surface area contributed by atoms with Gasteiger partial charge in [-0.25, -0.2) is 4.79 Å². The Balaban J connectivity index is 4.77. The van der Waals surface area contributed by atoms with Gasteiger partial charge < -0.3 is 20.6 Å². The Morgan fingerprint density at radius 1 is 1.28 bits per heavy atom. The van der Waals surface area contributed by atoms with Gasteiger partial charge in [0.2, 0.25) is 5.91 Å². The van der Waals surface area contributed by atoms with Crippen LogP contribution < -0.4 is 10.6 Å². The molecule has 0 aromatic carbocycles. The van der Waals surface area contributed by atoms with Crippen molar-refractivity contribution >= 4 is 17.9 Å². The zero-order valence-electron chi connectivity index (χ0n) is 11.4. The van der Waals surface area contributed by atoms with Crippen LogP contribution in [0.2, 0.25) is 0 Å². The summed E-state index contributed by atoms with van der Waals surface area (Å²) in [4.78, 5) is 35.1. The Morgan fingerprint density at radius 2 is 1.78 bits per heavy atom. The number of urea groups is 1. The van der Waals surface area contributed by atoms with Crippen molar-refractivity contribution in [2.24, 2.45) is 0 Å². The largest absolute Gasteiger partial charge is 0.480 e. The van der Waals surface area contributed by atoms with Gasteiger partial charge in [0, 0.05) is 12.6 Å². The average Bonchev–Trinajstić information content (AvgIpc) is 2.22. The van der Waals surface area contributed by atoms with Gasteiger partial charge in [0.25, 0.3) is 0 Å². The molecule has 0 bridgehead atoms. The smallest absolute Gasteiger partial charge is 0.323 e. The Bertz CT molecular complexity index is 336. The van der Waals surface area contributed by atoms with Gasteiger partial charge in [0.15, 0.2) is 0 Å². The molecule has 0 aliphatic carbocycles. The summed E-state index contributed by atoms with van der Waals surface area (Å²) >= 11 is 0. The number of carboxylic acids is 1. The molecular weight excluding hydrogens is 238 g/mol. The quantitative estimate of drug-likeness (QED) is 0.662. The standard InChI is InChI=1S/C11H21N3O4/c1-7(9(17)12-5)13-10(18)14(6-8(15)16)11(2,3)4/h7H,6H2,1-5H3,(H,12,17)(H,13,18)(H,15,16). The molecule has 104 valence electrons. The Hall–Kier alpha value is -1.79. The van der Waals surface area contributed by atoms with Crippen LogP contribution in [0.1, 0.15) is 27.7 Å². The van der Waals surface area contributed by atoms with E-state index in [1.54, 1.807) is 20.8 Å². The van der Waals surface area contributed by atoms with Gasteiger partial charge in [0.1, 0.15) is 12.6 Å². The van der Waals surface area contributed by atoms with Crippen LogP contribution in [-0.4, -0.2) is 53.1 Å². The van der Waals surface area contributed by atoms with E-state index in [4.69, 9.17) is 5.11 Å². The van der Waals surface area contributed by atoms with Crippen LogP contribution in [0, 0.1) is 0 Å². The molecule has 0 saturated heterocycles. The molecule has 1 unspecified atom stereocenters. The SMILES string of the molecule is CNC(=O)C(C)NC(=O)N(CC(=O)O)C(C)(C)C. The van der Waals surface area contributed by atoms with Crippen LogP contribution in [0.5, 0.6) is 0 Å². The first-order valence-electron chi connectivity index (χ1n) is 5.61. The van der Waals surface area contributed by atoms with Crippen LogP contribution in [0.3, 0.4) is 0 Å². The van der Waals surface area contributed by atoms with E-state index >= 15 is 0 Å². The molecule has 3 N–H and O–H groups in total. The summed E-state index contributed by atoms with van der Waals surface area (Å²) in [5.74, 6) is -1.44. The second-order valence-electron chi connectivity index (χ2n) is 4.94. The van der Waals surface area contributed by atoms with E-state index in [2.05, 4.69) is 10.6 Å². The first-order chi connectivity index (χ1) is 8.09. The number of rotatable bonds is 4. The van der Waals surface area contributed by atoms with Gasteiger partial charge in [-0.1, -0.05) is 0 Å². The number of carboxylic acid groups (broad SMARTS) is 1. The summed E-state index contributed by atoms with van der Waals surface area (Å²) in [5.41, 5.74) is -0.648. The highest BCUT2D eigenvalue weighted by atomic mass is 16.4. The summed E-state index contributed by atoms with van der Waals surface area (Å²) in [5, 5.41) is 13.6. The maximum Gasteiger partial charge on any atom is 0.323 e. The number of likely N-dealkylation sites (N-methyl/N-ethyl adjacent to an activating group) is 1. The van der Waals surface area contributed by atoms with Gasteiger partial charge in [-0.15, -0.1) is 0 Å². The Morgan fingerprint density at radius 3 is 2.11 bits per heavy atom. The molecule has 0 radical (unpaired) electrons. The summed E-state index contributed by atoms with van der Waals surface area (Å²) in [6.45, 7) is 6.27. The van der Waals surface area contributed by atoms with Gasteiger partial charge in [-0.2, -0.15) is 0 Å². The summed E-state index contributed by atoms with van der Waals surface area (Å²) < 4.78 is 0. The van der Waals surface area contributed by atoms with E-state index in [0.717, 1.165) is 4.90 Å². The van der Waals surface area contributed by atoms with Crippen LogP contribution in [0.15, 0.2) is 0 Å². The molecule has 0 aromatic heterocycles. The van der Waals surface area contributed by atoms with Gasteiger partial charge in [-0.3, -0.25) is 9.59 Å². The lowest BCUT2D eigenvalue weighted by atomic mass is 10.1. The minimum absolute atomic E-state index is 0.340. The molecule has 0 aliphatic rings. The fraction of sp³-hybridized carbons (Fsp3) is 0.727. The van der Waals surface area contributed by atoms with Crippen molar-refractivity contribution in [2.45, 2.75) is 39.3 Å². The van der Waals surface area contributed by atoms with Crippen LogP contribution in [-0.2, 0) is 9.59 Å². The molecule has 0 fully saturated rings. The summed E-state index contributed by atoms with van der Waals surface area (Å²) in [6.07, 6.45) is 0. The summed E-state index contributed by atoms with van der Waals surface area (Å²) in [6, 6.07) is -1.30. The number of carbonyl (C=O) groups excluding carboxylic acids is 2. The highest BCUT2D eigenvalue weighted by Crippen LogP contribution is 2.13. The fourth-order valence-electron chi connectivity index (χ4n) is 1.29. The normalized spacial score (nSPS) is 12.5. The number of hydrogen-bond acceptors (Lipinski definition) is 3. The zero-order valence-corrected chi connectivity index (χ0v) is 11.4. The molecule has 0 spiro atoms. The fourth-order valence-corrected chi connectivity index (χ4v) is 1.29. The number of carbonyl (C=O) groups is 3. The maximum atomic E-state index is 11.9. The van der Waals surface area contributed by atoms with Crippen molar-refractivity contribution in [1.29, 1.82) is 0 Å². The predicted molar refractivity (Wildman–Crippen MR) is 66.2 cm³/mol. The third-order valence-electron chi connectivity index (χ3n) is 2.33. The topological polar surface area (TPSA) is 98.7 Å². The van der Waals surface area contributed by atoms with Gasteiger partial charge in [0.05, 0.1) is 0 Å². The van der Waals surface area contributed by atoms with E-state index in [9.17, 15) is 14.4 Å². The zero-order chi connectivity index (χ0) is 14.5. The first-order valence-corrected chi connectivity index (χ1v) is 5.61. The number of hydrogen-bond donors (Lipinski definition) is 3. The van der Waals surface area contributed by atoms with E-state index < -0.39 is 30.1 Å². The molecule has 18 heavy (non-hydrogen) atoms. The van der Waals surface area contributed by atoms with E-state index in [-0.39, 0.29) is 5.91 Å². The molecule has 3 amide bonds. The molecule has 0 rings (SSSR count). The average molecular weight is 259 g/mol. The van der Waals surface area contributed by atoms with Crippen molar-refractivity contribution < 1.29 is 19.5 Å². The number of nitrogens with zero attached hydrogens (tertiary/aromatic N) is 1. The van der Waals surface area contributed by atoms with Crippen LogP contribution >= 0.6 is 0 Å². The minimum atomic E-state index is -1.10. The van der Waals surface area contributed by atoms with Gasteiger partial charge >= 0.3 is 12.0 Å². The Kier molecular flexibility index (Phi) is 5.61.